The largest absolute Gasteiger partial charge is 0.398 e. The summed E-state index contributed by atoms with van der Waals surface area (Å²) in [5, 5.41) is 11.0. The maximum absolute atomic E-state index is 12.4. The van der Waals surface area contributed by atoms with Gasteiger partial charge in [0.15, 0.2) is 0 Å². The number of halogens is 1. The molecule has 0 saturated carbocycles. The van der Waals surface area contributed by atoms with Crippen molar-refractivity contribution in [3.63, 3.8) is 0 Å². The summed E-state index contributed by atoms with van der Waals surface area (Å²) >= 11 is 6.98. The Bertz CT molecular complexity index is 807. The van der Waals surface area contributed by atoms with Crippen LogP contribution in [0.1, 0.15) is 11.1 Å². The molecule has 1 aromatic carbocycles. The van der Waals surface area contributed by atoms with Gasteiger partial charge in [-0.3, -0.25) is 4.72 Å². The SMILES string of the molecule is Cc1c(N)cc(Cl)cc1S(=O)(=O)Nc1sccc1C#N. The minimum Gasteiger partial charge on any atom is -0.398 e. The zero-order valence-electron chi connectivity index (χ0n) is 10.3. The first-order chi connectivity index (χ1) is 9.35. The Morgan fingerprint density at radius 1 is 1.45 bits per heavy atom. The number of hydrogen-bond donors (Lipinski definition) is 2. The first kappa shape index (κ1) is 14.7. The topological polar surface area (TPSA) is 96.0 Å². The molecule has 0 bridgehead atoms. The summed E-state index contributed by atoms with van der Waals surface area (Å²) in [4.78, 5) is -0.000195. The highest BCUT2D eigenvalue weighted by atomic mass is 35.5. The van der Waals surface area contributed by atoms with E-state index in [1.54, 1.807) is 18.4 Å². The van der Waals surface area contributed by atoms with Gasteiger partial charge in [-0.1, -0.05) is 11.6 Å². The summed E-state index contributed by atoms with van der Waals surface area (Å²) < 4.78 is 27.1. The second-order valence-electron chi connectivity index (χ2n) is 4.00. The van der Waals surface area contributed by atoms with Gasteiger partial charge in [0.1, 0.15) is 11.1 Å². The molecule has 0 aliphatic heterocycles. The zero-order chi connectivity index (χ0) is 14.9. The molecule has 0 amide bonds. The summed E-state index contributed by atoms with van der Waals surface area (Å²) in [6, 6.07) is 6.28. The van der Waals surface area contributed by atoms with Crippen molar-refractivity contribution in [1.29, 1.82) is 5.26 Å². The van der Waals surface area contributed by atoms with E-state index in [9.17, 15) is 8.42 Å². The Morgan fingerprint density at radius 3 is 2.80 bits per heavy atom. The van der Waals surface area contributed by atoms with Crippen molar-refractivity contribution in [2.24, 2.45) is 0 Å². The number of sulfonamides is 1. The second kappa shape index (κ2) is 5.32. The van der Waals surface area contributed by atoms with Crippen LogP contribution in [-0.4, -0.2) is 8.42 Å². The third kappa shape index (κ3) is 2.72. The highest BCUT2D eigenvalue weighted by Gasteiger charge is 2.21. The molecule has 2 rings (SSSR count). The molecule has 0 aliphatic rings. The van der Waals surface area contributed by atoms with Crippen LogP contribution in [0.5, 0.6) is 0 Å². The molecule has 2 aromatic rings. The summed E-state index contributed by atoms with van der Waals surface area (Å²) in [6.07, 6.45) is 0. The van der Waals surface area contributed by atoms with Gasteiger partial charge in [0.05, 0.1) is 10.5 Å². The standard InChI is InChI=1S/C12H10ClN3O2S2/c1-7-10(15)4-9(13)5-11(7)20(17,18)16-12-8(6-14)2-3-19-12/h2-5,16H,15H2,1H3. The molecular weight excluding hydrogens is 318 g/mol. The molecule has 1 aromatic heterocycles. The van der Waals surface area contributed by atoms with E-state index in [1.807, 2.05) is 6.07 Å². The molecular formula is C12H10ClN3O2S2. The average molecular weight is 328 g/mol. The predicted octanol–water partition coefficient (Wildman–Crippen LogP) is 2.96. The van der Waals surface area contributed by atoms with Gasteiger partial charge in [-0.05, 0) is 36.1 Å². The fourth-order valence-corrected chi connectivity index (χ4v) is 4.27. The highest BCUT2D eigenvalue weighted by molar-refractivity contribution is 7.93. The minimum absolute atomic E-state index is 0.000195. The van der Waals surface area contributed by atoms with Crippen LogP contribution in [0, 0.1) is 18.3 Å². The Labute approximate surface area is 125 Å². The van der Waals surface area contributed by atoms with Gasteiger partial charge in [-0.2, -0.15) is 5.26 Å². The number of nitrogen functional groups attached to an aromatic ring is 1. The molecule has 3 N–H and O–H groups in total. The first-order valence-corrected chi connectivity index (χ1v) is 8.15. The summed E-state index contributed by atoms with van der Waals surface area (Å²) in [5.74, 6) is 0. The molecule has 104 valence electrons. The molecule has 0 spiro atoms. The van der Waals surface area contributed by atoms with Crippen molar-refractivity contribution < 1.29 is 8.42 Å². The number of nitriles is 1. The smallest absolute Gasteiger partial charge is 0.262 e. The van der Waals surface area contributed by atoms with E-state index < -0.39 is 10.0 Å². The molecule has 0 fully saturated rings. The molecule has 0 radical (unpaired) electrons. The van der Waals surface area contributed by atoms with Crippen LogP contribution in [0.2, 0.25) is 5.02 Å². The van der Waals surface area contributed by atoms with Crippen molar-refractivity contribution in [3.8, 4) is 6.07 Å². The summed E-state index contributed by atoms with van der Waals surface area (Å²) in [7, 11) is -3.85. The molecule has 0 atom stereocenters. The Morgan fingerprint density at radius 2 is 2.15 bits per heavy atom. The number of thiophene rings is 1. The fourth-order valence-electron chi connectivity index (χ4n) is 1.61. The first-order valence-electron chi connectivity index (χ1n) is 5.41. The van der Waals surface area contributed by atoms with E-state index >= 15 is 0 Å². The summed E-state index contributed by atoms with van der Waals surface area (Å²) in [6.45, 7) is 1.60. The zero-order valence-corrected chi connectivity index (χ0v) is 12.7. The van der Waals surface area contributed by atoms with E-state index in [-0.39, 0.29) is 20.5 Å². The molecule has 5 nitrogen and oxygen atoms in total. The van der Waals surface area contributed by atoms with Gasteiger partial charge in [0.25, 0.3) is 10.0 Å². The lowest BCUT2D eigenvalue weighted by atomic mass is 10.2. The van der Waals surface area contributed by atoms with Crippen LogP contribution < -0.4 is 10.5 Å². The van der Waals surface area contributed by atoms with Crippen LogP contribution in [0.4, 0.5) is 10.7 Å². The Hall–Kier alpha value is -1.75. The van der Waals surface area contributed by atoms with E-state index in [0.29, 0.717) is 11.3 Å². The Balaban J connectivity index is 2.50. The number of hydrogen-bond acceptors (Lipinski definition) is 5. The van der Waals surface area contributed by atoms with Gasteiger partial charge in [-0.25, -0.2) is 8.42 Å². The van der Waals surface area contributed by atoms with Crippen LogP contribution in [0.25, 0.3) is 0 Å². The maximum Gasteiger partial charge on any atom is 0.262 e. The van der Waals surface area contributed by atoms with Gasteiger partial charge in [-0.15, -0.1) is 11.3 Å². The van der Waals surface area contributed by atoms with Crippen molar-refractivity contribution in [2.45, 2.75) is 11.8 Å². The number of anilines is 2. The highest BCUT2D eigenvalue weighted by Crippen LogP contribution is 2.30. The monoisotopic (exact) mass is 327 g/mol. The maximum atomic E-state index is 12.4. The number of nitrogens with zero attached hydrogens (tertiary/aromatic N) is 1. The van der Waals surface area contributed by atoms with Crippen molar-refractivity contribution >= 4 is 43.6 Å². The van der Waals surface area contributed by atoms with Crippen molar-refractivity contribution in [2.75, 3.05) is 10.5 Å². The predicted molar refractivity (Wildman–Crippen MR) is 80.4 cm³/mol. The van der Waals surface area contributed by atoms with Gasteiger partial charge >= 0.3 is 0 Å². The van der Waals surface area contributed by atoms with Crippen molar-refractivity contribution in [1.82, 2.24) is 0 Å². The molecule has 20 heavy (non-hydrogen) atoms. The molecule has 0 aliphatic carbocycles. The van der Waals surface area contributed by atoms with Crippen LogP contribution in [0.3, 0.4) is 0 Å². The molecule has 0 saturated heterocycles. The lowest BCUT2D eigenvalue weighted by Crippen LogP contribution is -2.15. The van der Waals surface area contributed by atoms with Crippen LogP contribution in [0.15, 0.2) is 28.5 Å². The average Bonchev–Trinajstić information content (AvgIpc) is 2.80. The lowest BCUT2D eigenvalue weighted by Gasteiger charge is -2.11. The number of nitrogens with one attached hydrogen (secondary N) is 1. The summed E-state index contributed by atoms with van der Waals surface area (Å²) in [5.41, 5.74) is 6.70. The van der Waals surface area contributed by atoms with E-state index in [2.05, 4.69) is 4.72 Å². The van der Waals surface area contributed by atoms with Gasteiger partial charge in [0.2, 0.25) is 0 Å². The van der Waals surface area contributed by atoms with E-state index in [4.69, 9.17) is 22.6 Å². The quantitative estimate of drug-likeness (QED) is 0.847. The fraction of sp³-hybridized carbons (Fsp3) is 0.0833. The molecule has 1 heterocycles. The third-order valence-electron chi connectivity index (χ3n) is 2.67. The third-order valence-corrected chi connectivity index (χ3v) is 5.32. The van der Waals surface area contributed by atoms with Gasteiger partial charge in [0, 0.05) is 10.7 Å². The number of benzene rings is 1. The second-order valence-corrected chi connectivity index (χ2v) is 7.00. The van der Waals surface area contributed by atoms with Crippen LogP contribution >= 0.6 is 22.9 Å². The number of rotatable bonds is 3. The lowest BCUT2D eigenvalue weighted by molar-refractivity contribution is 0.601. The normalized spacial score (nSPS) is 11.1. The van der Waals surface area contributed by atoms with E-state index in [0.717, 1.165) is 11.3 Å². The minimum atomic E-state index is -3.85. The molecule has 0 unspecified atom stereocenters. The van der Waals surface area contributed by atoms with Crippen molar-refractivity contribution in [3.05, 3.63) is 39.7 Å². The van der Waals surface area contributed by atoms with Gasteiger partial charge < -0.3 is 5.73 Å². The Kier molecular flexibility index (Phi) is 3.90. The van der Waals surface area contributed by atoms with E-state index in [1.165, 1.54) is 12.1 Å². The number of nitrogens with two attached hydrogens (primary N) is 1. The van der Waals surface area contributed by atoms with Crippen LogP contribution in [-0.2, 0) is 10.0 Å². The molecule has 8 heteroatoms.